The highest BCUT2D eigenvalue weighted by Gasteiger charge is 2.65. The molecule has 7 heteroatoms. The summed E-state index contributed by atoms with van der Waals surface area (Å²) in [7, 11) is -4.47. The molecule has 0 unspecified atom stereocenters. The summed E-state index contributed by atoms with van der Waals surface area (Å²) in [5.41, 5.74) is 0. The van der Waals surface area contributed by atoms with Crippen molar-refractivity contribution in [3.63, 3.8) is 0 Å². The first kappa shape index (κ1) is 18.7. The highest BCUT2D eigenvalue weighted by Crippen LogP contribution is 2.38. The second-order valence-electron chi connectivity index (χ2n) is 8.17. The van der Waals surface area contributed by atoms with Gasteiger partial charge < -0.3 is 4.53 Å². The molecule has 109 valence electrons. The van der Waals surface area contributed by atoms with Gasteiger partial charge in [-0.15, -0.1) is 0 Å². The molecular weight excluding hydrogens is 290 g/mol. The summed E-state index contributed by atoms with van der Waals surface area (Å²) in [5.74, 6) is 0. The number of hydroxylamine groups is 2. The number of rotatable bonds is 6. The third-order valence-corrected chi connectivity index (χ3v) is 70.8. The first-order chi connectivity index (χ1) is 7.70. The van der Waals surface area contributed by atoms with Crippen LogP contribution in [0.1, 0.15) is 6.92 Å². The maximum atomic E-state index is 12.0. The van der Waals surface area contributed by atoms with Crippen LogP contribution in [0.25, 0.3) is 0 Å². The molecule has 0 atom stereocenters. The number of hydrogen-bond acceptors (Lipinski definition) is 2. The van der Waals surface area contributed by atoms with Crippen molar-refractivity contribution in [1.29, 1.82) is 0 Å². The molecule has 3 nitrogen and oxygen atoms in total. The van der Waals surface area contributed by atoms with Crippen LogP contribution in [-0.2, 0) is 9.73 Å². The molecule has 0 aliphatic carbocycles. The Kier molecular flexibility index (Phi) is 5.86. The number of nitrogens with zero attached hydrogens (tertiary/aromatic N) is 1. The topological polar surface area (TPSA) is 32.4 Å². The maximum absolute atomic E-state index is 12.0. The van der Waals surface area contributed by atoms with Gasteiger partial charge >= 0.3 is 0 Å². The molecule has 0 aromatic heterocycles. The summed E-state index contributed by atoms with van der Waals surface area (Å²) in [6, 6.07) is 0. The molecule has 0 heterocycles. The van der Waals surface area contributed by atoms with Crippen molar-refractivity contribution in [2.45, 2.75) is 65.8 Å². The Morgan fingerprint density at radius 1 is 0.778 bits per heavy atom. The minimum atomic E-state index is -1.95. The predicted octanol–water partition coefficient (Wildman–Crippen LogP) is 3.78. The van der Waals surface area contributed by atoms with Gasteiger partial charge in [-0.3, -0.25) is 0 Å². The lowest BCUT2D eigenvalue weighted by atomic mass is 10.8. The maximum Gasteiger partial charge on any atom is 0.188 e. The minimum absolute atomic E-state index is 0.439. The zero-order valence-electron chi connectivity index (χ0n) is 14.0. The third kappa shape index (κ3) is 3.44. The van der Waals surface area contributed by atoms with E-state index in [1.165, 1.54) is 0 Å². The second kappa shape index (κ2) is 5.63. The van der Waals surface area contributed by atoms with Gasteiger partial charge in [0, 0.05) is 0 Å². The van der Waals surface area contributed by atoms with Gasteiger partial charge in [0.15, 0.2) is 6.87 Å². The van der Waals surface area contributed by atoms with Gasteiger partial charge in [0.2, 0.25) is 0 Å². The lowest BCUT2D eigenvalue weighted by Crippen LogP contribution is -2.85. The van der Waals surface area contributed by atoms with E-state index in [-0.39, 0.29) is 0 Å². The molecule has 0 aliphatic heterocycles. The molecule has 0 spiro atoms. The molecule has 0 bridgehead atoms. The van der Waals surface area contributed by atoms with Gasteiger partial charge in [-0.2, -0.15) is 0 Å². The van der Waals surface area contributed by atoms with E-state index in [0.29, 0.717) is 6.54 Å². The molecule has 0 saturated carbocycles. The highest BCUT2D eigenvalue weighted by atomic mass is 29.9. The third-order valence-electron chi connectivity index (χ3n) is 3.67. The molecule has 0 amide bonds. The lowest BCUT2D eigenvalue weighted by molar-refractivity contribution is -0.326. The smallest absolute Gasteiger partial charge is 0.188 e. The van der Waals surface area contributed by atoms with Crippen molar-refractivity contribution in [3.05, 3.63) is 0 Å². The Bertz CT molecular complexity index is 242. The predicted molar refractivity (Wildman–Crippen MR) is 89.9 cm³/mol. The Morgan fingerprint density at radius 3 is 1.22 bits per heavy atom. The highest BCUT2D eigenvalue weighted by molar-refractivity contribution is 7.87. The SMILES string of the molecule is CCN([O])O[Si]([Si](C)(C)C)([Si](C)(C)C)[Si](C)(C)C. The van der Waals surface area contributed by atoms with Crippen molar-refractivity contribution in [1.82, 2.24) is 5.23 Å². The van der Waals surface area contributed by atoms with E-state index in [4.69, 9.17) is 4.53 Å². The van der Waals surface area contributed by atoms with E-state index in [1.54, 1.807) is 0 Å². The van der Waals surface area contributed by atoms with Crippen LogP contribution in [0.4, 0.5) is 0 Å². The van der Waals surface area contributed by atoms with Crippen molar-refractivity contribution < 1.29 is 9.73 Å². The molecule has 0 N–H and O–H groups in total. The Hall–Kier alpha value is 0.748. The quantitative estimate of drug-likeness (QED) is 0.550. The van der Waals surface area contributed by atoms with Crippen LogP contribution in [0.5, 0.6) is 0 Å². The summed E-state index contributed by atoms with van der Waals surface area (Å²) < 4.78 is 6.28. The summed E-state index contributed by atoms with van der Waals surface area (Å²) in [4.78, 5) is 0. The number of hydrogen-bond donors (Lipinski definition) is 0. The Morgan fingerprint density at radius 2 is 1.06 bits per heavy atom. The molecule has 0 aromatic carbocycles. The fourth-order valence-corrected chi connectivity index (χ4v) is 96.4. The van der Waals surface area contributed by atoms with Crippen LogP contribution >= 0.6 is 0 Å². The first-order valence-corrected chi connectivity index (χ1v) is 22.3. The monoisotopic (exact) mass is 322 g/mol. The normalized spacial score (nSPS) is 15.3. The lowest BCUT2D eigenvalue weighted by Gasteiger charge is -2.55. The van der Waals surface area contributed by atoms with E-state index in [9.17, 15) is 5.21 Å². The largest absolute Gasteiger partial charge is 0.328 e. The fraction of sp³-hybridized carbons (Fsp3) is 1.00. The second-order valence-corrected chi connectivity index (χ2v) is 47.6. The molecule has 0 rings (SSSR count). The standard InChI is InChI=1S/C11H32NO2Si4/c1-11-12(13)14-18(15(2,3)4,16(5,6)7)17(8,9)10/h11H2,1-10H3. The summed E-state index contributed by atoms with van der Waals surface area (Å²) in [6.45, 7) is 22.1. The average Bonchev–Trinajstić information content (AvgIpc) is 2.07. The minimum Gasteiger partial charge on any atom is -0.328 e. The van der Waals surface area contributed by atoms with Gasteiger partial charge in [0.1, 0.15) is 0 Å². The molecule has 0 fully saturated rings. The van der Waals surface area contributed by atoms with E-state index in [1.807, 2.05) is 6.92 Å². The average molecular weight is 323 g/mol. The first-order valence-electron chi connectivity index (χ1n) is 6.84. The zero-order chi connectivity index (χ0) is 15.0. The van der Waals surface area contributed by atoms with Crippen molar-refractivity contribution in [2.75, 3.05) is 6.54 Å². The van der Waals surface area contributed by atoms with Crippen LogP contribution in [0.15, 0.2) is 0 Å². The fourth-order valence-electron chi connectivity index (χ4n) is 4.00. The Balaban J connectivity index is 5.92. The van der Waals surface area contributed by atoms with E-state index < -0.39 is 29.6 Å². The van der Waals surface area contributed by atoms with Crippen LogP contribution in [-0.4, -0.2) is 41.4 Å². The molecule has 1 radical (unpaired) electrons. The van der Waals surface area contributed by atoms with Gasteiger partial charge in [0.05, 0.1) is 29.3 Å². The molecule has 0 aliphatic rings. The van der Waals surface area contributed by atoms with E-state index >= 15 is 0 Å². The van der Waals surface area contributed by atoms with Crippen LogP contribution in [0, 0.1) is 0 Å². The summed E-state index contributed by atoms with van der Waals surface area (Å²) in [5, 5.41) is 12.9. The Labute approximate surface area is 117 Å². The van der Waals surface area contributed by atoms with Crippen molar-refractivity contribution >= 4 is 29.6 Å². The van der Waals surface area contributed by atoms with Gasteiger partial charge in [-0.05, 0) is 12.2 Å². The van der Waals surface area contributed by atoms with Crippen molar-refractivity contribution in [3.8, 4) is 0 Å². The van der Waals surface area contributed by atoms with Gasteiger partial charge in [-0.1, -0.05) is 64.1 Å². The molecule has 0 saturated heterocycles. The van der Waals surface area contributed by atoms with Crippen molar-refractivity contribution in [2.24, 2.45) is 0 Å². The molecule has 0 aromatic rings. The van der Waals surface area contributed by atoms with E-state index in [2.05, 4.69) is 58.9 Å². The van der Waals surface area contributed by atoms with Crippen LogP contribution in [0.3, 0.4) is 0 Å². The van der Waals surface area contributed by atoms with Crippen LogP contribution < -0.4 is 0 Å². The summed E-state index contributed by atoms with van der Waals surface area (Å²) >= 11 is 0. The zero-order valence-corrected chi connectivity index (χ0v) is 18.0. The van der Waals surface area contributed by atoms with Gasteiger partial charge in [0.25, 0.3) is 0 Å². The van der Waals surface area contributed by atoms with E-state index in [0.717, 1.165) is 5.23 Å². The summed E-state index contributed by atoms with van der Waals surface area (Å²) in [6.07, 6.45) is 0. The van der Waals surface area contributed by atoms with Gasteiger partial charge in [-0.25, -0.2) is 0 Å². The molecular formula is C11H32NO2Si4. The van der Waals surface area contributed by atoms with Crippen LogP contribution in [0.2, 0.25) is 58.9 Å². The molecule has 18 heavy (non-hydrogen) atoms.